The zero-order valence-corrected chi connectivity index (χ0v) is 14.9. The first-order chi connectivity index (χ1) is 13.9. The van der Waals surface area contributed by atoms with E-state index < -0.39 is 10.5 Å². The zero-order valence-electron chi connectivity index (χ0n) is 14.9. The van der Waals surface area contributed by atoms with Gasteiger partial charge in [0.1, 0.15) is 41.4 Å². The average Bonchev–Trinajstić information content (AvgIpc) is 2.72. The van der Waals surface area contributed by atoms with Crippen molar-refractivity contribution in [3.63, 3.8) is 0 Å². The number of pyridine rings is 1. The minimum Gasteiger partial charge on any atom is -0.489 e. The molecule has 1 aromatic heterocycles. The van der Waals surface area contributed by atoms with E-state index in [1.807, 2.05) is 12.1 Å². The predicted octanol–water partition coefficient (Wildman–Crippen LogP) is 2.85. The smallest absolute Gasteiger partial charge is 0.269 e. The number of nitriles is 2. The van der Waals surface area contributed by atoms with Gasteiger partial charge in [0.15, 0.2) is 0 Å². The molecular weight excluding hydrogens is 374 g/mol. The van der Waals surface area contributed by atoms with E-state index in [4.69, 9.17) is 10.5 Å². The normalized spacial score (nSPS) is 10.0. The number of hydrogen-bond acceptors (Lipinski definition) is 7. The number of ether oxygens (including phenoxy) is 1. The highest BCUT2D eigenvalue weighted by Gasteiger charge is 2.18. The minimum atomic E-state index is -0.669. The number of nitrogens with one attached hydrogen (secondary N) is 1. The minimum absolute atomic E-state index is 0.00295. The van der Waals surface area contributed by atoms with Gasteiger partial charge in [-0.1, -0.05) is 12.1 Å². The van der Waals surface area contributed by atoms with Crippen LogP contribution in [0.4, 0.5) is 11.5 Å². The molecule has 0 atom stereocenters. The number of nitro benzene ring substituents is 1. The summed E-state index contributed by atoms with van der Waals surface area (Å²) in [7, 11) is 0. The van der Waals surface area contributed by atoms with Gasteiger partial charge in [-0.15, -0.1) is 0 Å². The number of aromatic amines is 1. The van der Waals surface area contributed by atoms with Crippen molar-refractivity contribution in [2.24, 2.45) is 0 Å². The van der Waals surface area contributed by atoms with Crippen LogP contribution >= 0.6 is 0 Å². The number of rotatable bonds is 5. The molecule has 0 bridgehead atoms. The van der Waals surface area contributed by atoms with Crippen molar-refractivity contribution < 1.29 is 9.66 Å². The van der Waals surface area contributed by atoms with Crippen molar-refractivity contribution in [2.75, 3.05) is 5.73 Å². The lowest BCUT2D eigenvalue weighted by atomic mass is 9.96. The molecule has 0 saturated carbocycles. The van der Waals surface area contributed by atoms with Gasteiger partial charge < -0.3 is 15.5 Å². The molecule has 9 heteroatoms. The maximum atomic E-state index is 12.0. The lowest BCUT2D eigenvalue weighted by molar-refractivity contribution is -0.384. The van der Waals surface area contributed by atoms with Crippen molar-refractivity contribution in [2.45, 2.75) is 6.61 Å². The number of nitrogens with zero attached hydrogens (tertiary/aromatic N) is 3. The van der Waals surface area contributed by atoms with Gasteiger partial charge in [0.05, 0.1) is 4.92 Å². The van der Waals surface area contributed by atoms with E-state index in [1.54, 1.807) is 36.4 Å². The second kappa shape index (κ2) is 7.94. The Hall–Kier alpha value is -4.63. The zero-order chi connectivity index (χ0) is 21.0. The lowest BCUT2D eigenvalue weighted by Crippen LogP contribution is -2.16. The first-order valence-corrected chi connectivity index (χ1v) is 8.27. The van der Waals surface area contributed by atoms with E-state index in [2.05, 4.69) is 4.98 Å². The molecule has 0 saturated heterocycles. The molecule has 2 aromatic carbocycles. The monoisotopic (exact) mass is 387 g/mol. The third-order valence-corrected chi connectivity index (χ3v) is 4.16. The molecule has 0 radical (unpaired) electrons. The van der Waals surface area contributed by atoms with Gasteiger partial charge in [-0.2, -0.15) is 10.5 Å². The fourth-order valence-corrected chi connectivity index (χ4v) is 2.73. The summed E-state index contributed by atoms with van der Waals surface area (Å²) in [6.45, 7) is 0.197. The van der Waals surface area contributed by atoms with Crippen LogP contribution in [-0.2, 0) is 6.61 Å². The van der Waals surface area contributed by atoms with Gasteiger partial charge in [0.25, 0.3) is 11.2 Å². The Kier molecular flexibility index (Phi) is 5.24. The molecule has 29 heavy (non-hydrogen) atoms. The van der Waals surface area contributed by atoms with Gasteiger partial charge >= 0.3 is 0 Å². The third kappa shape index (κ3) is 3.89. The first kappa shape index (κ1) is 19.1. The Morgan fingerprint density at radius 1 is 1.03 bits per heavy atom. The Morgan fingerprint density at radius 3 is 2.21 bits per heavy atom. The number of aromatic nitrogens is 1. The summed E-state index contributed by atoms with van der Waals surface area (Å²) in [5, 5.41) is 29.3. The number of hydrogen-bond donors (Lipinski definition) is 2. The van der Waals surface area contributed by atoms with Gasteiger partial charge in [0.2, 0.25) is 0 Å². The number of H-pyrrole nitrogens is 1. The molecular formula is C20H13N5O4. The molecule has 0 fully saturated rings. The predicted molar refractivity (Wildman–Crippen MR) is 104 cm³/mol. The maximum absolute atomic E-state index is 12.0. The summed E-state index contributed by atoms with van der Waals surface area (Å²) in [5.74, 6) is 0.395. The number of anilines is 1. The highest BCUT2D eigenvalue weighted by molar-refractivity contribution is 5.80. The standard InChI is InChI=1S/C20H13N5O4/c21-9-16-18(17(10-22)20(26)24-19(16)23)13-3-7-15(8-4-13)29-11-12-1-5-14(6-2-12)25(27)28/h1-8H,11H2,(H3,23,24,26). The Balaban J connectivity index is 1.84. The summed E-state index contributed by atoms with van der Waals surface area (Å²) in [6.07, 6.45) is 0. The van der Waals surface area contributed by atoms with Gasteiger partial charge in [0, 0.05) is 17.7 Å². The molecule has 0 amide bonds. The highest BCUT2D eigenvalue weighted by Crippen LogP contribution is 2.29. The molecule has 1 heterocycles. The average molecular weight is 387 g/mol. The van der Waals surface area contributed by atoms with E-state index >= 15 is 0 Å². The Labute approximate surface area is 164 Å². The van der Waals surface area contributed by atoms with Crippen LogP contribution in [-0.4, -0.2) is 9.91 Å². The summed E-state index contributed by atoms with van der Waals surface area (Å²) in [6, 6.07) is 16.2. The number of nitro groups is 1. The van der Waals surface area contributed by atoms with E-state index in [9.17, 15) is 25.4 Å². The van der Waals surface area contributed by atoms with Gasteiger partial charge in [-0.25, -0.2) is 0 Å². The van der Waals surface area contributed by atoms with Crippen LogP contribution in [0.3, 0.4) is 0 Å². The second-order valence-electron chi connectivity index (χ2n) is 5.95. The van der Waals surface area contributed by atoms with Gasteiger partial charge in [-0.3, -0.25) is 14.9 Å². The molecule has 142 valence electrons. The lowest BCUT2D eigenvalue weighted by Gasteiger charge is -2.10. The maximum Gasteiger partial charge on any atom is 0.269 e. The second-order valence-corrected chi connectivity index (χ2v) is 5.95. The molecule has 0 aliphatic heterocycles. The largest absolute Gasteiger partial charge is 0.489 e. The van der Waals surface area contributed by atoms with Gasteiger partial charge in [-0.05, 0) is 35.4 Å². The van der Waals surface area contributed by atoms with Crippen LogP contribution in [0.15, 0.2) is 53.3 Å². The third-order valence-electron chi connectivity index (χ3n) is 4.16. The number of nitrogen functional groups attached to an aromatic ring is 1. The molecule has 0 unspecified atom stereocenters. The molecule has 0 spiro atoms. The van der Waals surface area contributed by atoms with Crippen LogP contribution < -0.4 is 16.0 Å². The van der Waals surface area contributed by atoms with Crippen LogP contribution in [0.25, 0.3) is 11.1 Å². The van der Waals surface area contributed by atoms with Crippen LogP contribution in [0.5, 0.6) is 5.75 Å². The van der Waals surface area contributed by atoms with Crippen molar-refractivity contribution in [1.29, 1.82) is 10.5 Å². The van der Waals surface area contributed by atoms with E-state index in [0.29, 0.717) is 11.3 Å². The highest BCUT2D eigenvalue weighted by atomic mass is 16.6. The fourth-order valence-electron chi connectivity index (χ4n) is 2.73. The van der Waals surface area contributed by atoms with Crippen molar-refractivity contribution in [3.8, 4) is 29.0 Å². The van der Waals surface area contributed by atoms with E-state index in [-0.39, 0.29) is 34.8 Å². The summed E-state index contributed by atoms with van der Waals surface area (Å²) in [4.78, 5) is 24.5. The number of benzene rings is 2. The quantitative estimate of drug-likeness (QED) is 0.503. The summed E-state index contributed by atoms with van der Waals surface area (Å²) >= 11 is 0. The number of non-ortho nitro benzene ring substituents is 1. The Bertz CT molecular complexity index is 1220. The van der Waals surface area contributed by atoms with Crippen molar-refractivity contribution in [1.82, 2.24) is 4.98 Å². The SMILES string of the molecule is N#Cc1c(N)[nH]c(=O)c(C#N)c1-c1ccc(OCc2ccc([N+](=O)[O-])cc2)cc1. The van der Waals surface area contributed by atoms with Crippen LogP contribution in [0.1, 0.15) is 16.7 Å². The van der Waals surface area contributed by atoms with Crippen molar-refractivity contribution >= 4 is 11.5 Å². The Morgan fingerprint density at radius 2 is 1.66 bits per heavy atom. The summed E-state index contributed by atoms with van der Waals surface area (Å²) in [5.41, 5.74) is 6.24. The first-order valence-electron chi connectivity index (χ1n) is 8.27. The summed E-state index contributed by atoms with van der Waals surface area (Å²) < 4.78 is 5.65. The molecule has 3 rings (SSSR count). The molecule has 0 aliphatic rings. The van der Waals surface area contributed by atoms with Crippen LogP contribution in [0.2, 0.25) is 0 Å². The fraction of sp³-hybridized carbons (Fsp3) is 0.0500. The topological polar surface area (TPSA) is 159 Å². The molecule has 3 aromatic rings. The molecule has 9 nitrogen and oxygen atoms in total. The van der Waals surface area contributed by atoms with Crippen molar-refractivity contribution in [3.05, 3.63) is 85.7 Å². The van der Waals surface area contributed by atoms with E-state index in [1.165, 1.54) is 12.1 Å². The molecule has 0 aliphatic carbocycles. The van der Waals surface area contributed by atoms with Crippen LogP contribution in [0, 0.1) is 32.8 Å². The van der Waals surface area contributed by atoms with E-state index in [0.717, 1.165) is 5.56 Å². The number of nitrogens with two attached hydrogens (primary N) is 1. The molecule has 3 N–H and O–H groups in total.